The molecule has 0 spiro atoms. The number of rotatable bonds is 4. The van der Waals surface area contributed by atoms with E-state index in [0.717, 1.165) is 11.4 Å². The van der Waals surface area contributed by atoms with Gasteiger partial charge < -0.3 is 28.6 Å². The number of carbonyl (C=O) groups excluding carboxylic acids is 1. The summed E-state index contributed by atoms with van der Waals surface area (Å²) >= 11 is 0. The number of piperazine rings is 1. The summed E-state index contributed by atoms with van der Waals surface area (Å²) < 4.78 is 38.6. The zero-order chi connectivity index (χ0) is 27.2. The molecule has 0 atom stereocenters. The van der Waals surface area contributed by atoms with Gasteiger partial charge in [0, 0.05) is 43.4 Å². The third-order valence-electron chi connectivity index (χ3n) is 7.11. The third-order valence-corrected chi connectivity index (χ3v) is 7.11. The van der Waals surface area contributed by atoms with E-state index in [0.29, 0.717) is 43.0 Å². The van der Waals surface area contributed by atoms with Crippen LogP contribution in [0.4, 0.5) is 15.0 Å². The van der Waals surface area contributed by atoms with E-state index in [1.807, 2.05) is 60.6 Å². The van der Waals surface area contributed by atoms with Crippen molar-refractivity contribution in [3.8, 4) is 16.9 Å². The number of carbonyl (C=O) groups is 1. The SMILES string of the molecule is COc1c(B2OC(C)(C)C(C)(C)O2)cc(F)cc1-c1ccnc(N2CCN(C(=O)OC(C)(C)C)CC2)c1. The molecule has 2 aromatic rings. The molecule has 0 bridgehead atoms. The number of hydrogen-bond donors (Lipinski definition) is 0. The fourth-order valence-electron chi connectivity index (χ4n) is 4.41. The van der Waals surface area contributed by atoms with Gasteiger partial charge in [0.1, 0.15) is 23.0 Å². The Morgan fingerprint density at radius 2 is 1.68 bits per heavy atom. The van der Waals surface area contributed by atoms with Gasteiger partial charge >= 0.3 is 13.2 Å². The van der Waals surface area contributed by atoms with Crippen molar-refractivity contribution >= 4 is 24.5 Å². The van der Waals surface area contributed by atoms with Gasteiger partial charge in [-0.2, -0.15) is 0 Å². The van der Waals surface area contributed by atoms with Gasteiger partial charge in [0.05, 0.1) is 18.3 Å². The molecule has 37 heavy (non-hydrogen) atoms. The highest BCUT2D eigenvalue weighted by molar-refractivity contribution is 6.63. The Hall–Kier alpha value is -2.85. The standard InChI is InChI=1S/C27H37BFN3O5/c1-25(2,3)35-24(33)32-13-11-31(12-14-32)22-15-18(9-10-30-22)20-16-19(29)17-21(23(20)34-8)28-36-26(4,5)27(6,7)37-28/h9-10,15-17H,11-14H2,1-8H3. The zero-order valence-electron chi connectivity index (χ0n) is 23.1. The summed E-state index contributed by atoms with van der Waals surface area (Å²) in [6, 6.07) is 6.59. The Kier molecular flexibility index (Phi) is 7.20. The highest BCUT2D eigenvalue weighted by Crippen LogP contribution is 2.39. The summed E-state index contributed by atoms with van der Waals surface area (Å²) in [6.07, 6.45) is 1.39. The lowest BCUT2D eigenvalue weighted by Gasteiger charge is -2.36. The minimum atomic E-state index is -0.767. The predicted octanol–water partition coefficient (Wildman–Crippen LogP) is 4.25. The molecule has 0 radical (unpaired) electrons. The highest BCUT2D eigenvalue weighted by atomic mass is 19.1. The van der Waals surface area contributed by atoms with Gasteiger partial charge in [0.2, 0.25) is 0 Å². The number of hydrogen-bond acceptors (Lipinski definition) is 7. The van der Waals surface area contributed by atoms with Gasteiger partial charge in [-0.1, -0.05) is 0 Å². The van der Waals surface area contributed by atoms with Crippen molar-refractivity contribution in [2.75, 3.05) is 38.2 Å². The van der Waals surface area contributed by atoms with Crippen LogP contribution < -0.4 is 15.1 Å². The Balaban J connectivity index is 1.58. The van der Waals surface area contributed by atoms with E-state index in [-0.39, 0.29) is 6.09 Å². The summed E-state index contributed by atoms with van der Waals surface area (Å²) in [4.78, 5) is 20.8. The maximum absolute atomic E-state index is 14.9. The van der Waals surface area contributed by atoms with Gasteiger partial charge in [0.25, 0.3) is 0 Å². The molecule has 10 heteroatoms. The molecule has 8 nitrogen and oxygen atoms in total. The van der Waals surface area contributed by atoms with E-state index >= 15 is 0 Å². The van der Waals surface area contributed by atoms with E-state index in [4.69, 9.17) is 18.8 Å². The fraction of sp³-hybridized carbons (Fsp3) is 0.556. The molecule has 2 fully saturated rings. The molecule has 2 aliphatic rings. The molecule has 1 aromatic carbocycles. The second-order valence-electron chi connectivity index (χ2n) is 11.5. The number of aromatic nitrogens is 1. The van der Waals surface area contributed by atoms with Crippen molar-refractivity contribution < 1.29 is 28.0 Å². The van der Waals surface area contributed by atoms with Crippen molar-refractivity contribution in [2.24, 2.45) is 0 Å². The van der Waals surface area contributed by atoms with Crippen LogP contribution in [0.2, 0.25) is 0 Å². The maximum Gasteiger partial charge on any atom is 0.498 e. The summed E-state index contributed by atoms with van der Waals surface area (Å²) in [5.41, 5.74) is 0.172. The number of nitrogens with zero attached hydrogens (tertiary/aromatic N) is 3. The molecule has 1 amide bonds. The van der Waals surface area contributed by atoms with Crippen LogP contribution in [0.15, 0.2) is 30.5 Å². The lowest BCUT2D eigenvalue weighted by molar-refractivity contribution is 0.00578. The molecule has 0 aliphatic carbocycles. The lowest BCUT2D eigenvalue weighted by Crippen LogP contribution is -2.50. The number of benzene rings is 1. The molecule has 0 saturated carbocycles. The van der Waals surface area contributed by atoms with Crippen molar-refractivity contribution in [3.63, 3.8) is 0 Å². The average Bonchev–Trinajstić information content (AvgIpc) is 3.04. The monoisotopic (exact) mass is 513 g/mol. The average molecular weight is 513 g/mol. The van der Waals surface area contributed by atoms with Crippen LogP contribution >= 0.6 is 0 Å². The van der Waals surface area contributed by atoms with Crippen LogP contribution in [-0.4, -0.2) is 73.2 Å². The molecule has 3 heterocycles. The summed E-state index contributed by atoms with van der Waals surface area (Å²) in [5.74, 6) is 0.821. The summed E-state index contributed by atoms with van der Waals surface area (Å²) in [7, 11) is 0.792. The first-order valence-corrected chi connectivity index (χ1v) is 12.6. The van der Waals surface area contributed by atoms with Crippen molar-refractivity contribution in [3.05, 3.63) is 36.3 Å². The summed E-state index contributed by atoms with van der Waals surface area (Å²) in [6.45, 7) is 15.7. The number of ether oxygens (including phenoxy) is 2. The quantitative estimate of drug-likeness (QED) is 0.566. The Morgan fingerprint density at radius 1 is 1.05 bits per heavy atom. The Labute approximate surface area is 219 Å². The Bertz CT molecular complexity index is 1140. The topological polar surface area (TPSA) is 73.4 Å². The highest BCUT2D eigenvalue weighted by Gasteiger charge is 2.52. The first-order chi connectivity index (χ1) is 17.2. The van der Waals surface area contributed by atoms with E-state index in [9.17, 15) is 9.18 Å². The van der Waals surface area contributed by atoms with Crippen molar-refractivity contribution in [2.45, 2.75) is 65.3 Å². The van der Waals surface area contributed by atoms with Gasteiger partial charge in [-0.15, -0.1) is 0 Å². The third kappa shape index (κ3) is 5.70. The second kappa shape index (κ2) is 9.80. The number of halogens is 1. The van der Waals surface area contributed by atoms with E-state index in [2.05, 4.69) is 9.88 Å². The van der Waals surface area contributed by atoms with Crippen molar-refractivity contribution in [1.82, 2.24) is 9.88 Å². The van der Waals surface area contributed by atoms with Crippen LogP contribution in [0.3, 0.4) is 0 Å². The second-order valence-corrected chi connectivity index (χ2v) is 11.5. The molecular weight excluding hydrogens is 476 g/mol. The lowest BCUT2D eigenvalue weighted by atomic mass is 9.76. The minimum absolute atomic E-state index is 0.311. The summed E-state index contributed by atoms with van der Waals surface area (Å²) in [5, 5.41) is 0. The van der Waals surface area contributed by atoms with Gasteiger partial charge in [-0.05, 0) is 78.3 Å². The van der Waals surface area contributed by atoms with Crippen LogP contribution in [0.1, 0.15) is 48.5 Å². The first-order valence-electron chi connectivity index (χ1n) is 12.6. The fourth-order valence-corrected chi connectivity index (χ4v) is 4.41. The number of anilines is 1. The van der Waals surface area contributed by atoms with E-state index < -0.39 is 29.7 Å². The van der Waals surface area contributed by atoms with E-state index in [1.54, 1.807) is 18.2 Å². The smallest absolute Gasteiger partial charge is 0.496 e. The molecule has 2 aliphatic heterocycles. The molecule has 1 aromatic heterocycles. The molecule has 0 N–H and O–H groups in total. The first kappa shape index (κ1) is 27.2. The zero-order valence-corrected chi connectivity index (χ0v) is 23.1. The molecular formula is C27H37BFN3O5. The Morgan fingerprint density at radius 3 is 2.24 bits per heavy atom. The maximum atomic E-state index is 14.9. The van der Waals surface area contributed by atoms with Crippen LogP contribution in [0.25, 0.3) is 11.1 Å². The minimum Gasteiger partial charge on any atom is -0.496 e. The number of pyridine rings is 1. The van der Waals surface area contributed by atoms with Crippen LogP contribution in [0, 0.1) is 5.82 Å². The van der Waals surface area contributed by atoms with Gasteiger partial charge in [-0.3, -0.25) is 0 Å². The van der Waals surface area contributed by atoms with Crippen molar-refractivity contribution in [1.29, 1.82) is 0 Å². The molecule has 200 valence electrons. The van der Waals surface area contributed by atoms with Gasteiger partial charge in [0.15, 0.2) is 0 Å². The molecule has 0 unspecified atom stereocenters. The van der Waals surface area contributed by atoms with E-state index in [1.165, 1.54) is 12.1 Å². The van der Waals surface area contributed by atoms with Gasteiger partial charge in [-0.25, -0.2) is 14.2 Å². The normalized spacial score (nSPS) is 19.2. The van der Waals surface area contributed by atoms with Crippen LogP contribution in [0.5, 0.6) is 5.75 Å². The number of methoxy groups -OCH3 is 1. The predicted molar refractivity (Wildman–Crippen MR) is 142 cm³/mol. The van der Waals surface area contributed by atoms with Crippen LogP contribution in [-0.2, 0) is 14.0 Å². The largest absolute Gasteiger partial charge is 0.498 e. The molecule has 2 saturated heterocycles. The molecule has 4 rings (SSSR count). The number of amides is 1.